The van der Waals surface area contributed by atoms with E-state index >= 15 is 0 Å². The van der Waals surface area contributed by atoms with E-state index in [1.54, 1.807) is 32.0 Å². The summed E-state index contributed by atoms with van der Waals surface area (Å²) in [6, 6.07) is 3.85. The molecule has 11 heteroatoms. The molecule has 34 heavy (non-hydrogen) atoms. The molecule has 0 saturated carbocycles. The molecule has 1 unspecified atom stereocenters. The Morgan fingerprint density at radius 1 is 1.21 bits per heavy atom. The number of hydrogen-bond acceptors (Lipinski definition) is 6. The zero-order chi connectivity index (χ0) is 23.9. The van der Waals surface area contributed by atoms with Gasteiger partial charge in [-0.15, -0.1) is 0 Å². The second-order valence-electron chi connectivity index (χ2n) is 9.92. The largest absolute Gasteiger partial charge is 0.379 e. The fourth-order valence-corrected chi connectivity index (χ4v) is 4.97. The van der Waals surface area contributed by atoms with Crippen molar-refractivity contribution in [1.82, 2.24) is 28.5 Å². The molecule has 4 aromatic heterocycles. The normalized spacial score (nSPS) is 17.1. The van der Waals surface area contributed by atoms with Crippen LogP contribution >= 0.6 is 0 Å². The highest BCUT2D eigenvalue weighted by atomic mass is 28.3. The predicted octanol–water partition coefficient (Wildman–Crippen LogP) is 3.71. The minimum Gasteiger partial charge on any atom is -0.379 e. The summed E-state index contributed by atoms with van der Waals surface area (Å²) in [5, 5.41) is 0. The molecule has 0 N–H and O–H groups in total. The monoisotopic (exact) mass is 484 g/mol. The molecule has 1 aliphatic heterocycles. The van der Waals surface area contributed by atoms with Crippen LogP contribution in [0.2, 0.25) is 25.7 Å². The molecule has 1 aliphatic rings. The van der Waals surface area contributed by atoms with Crippen molar-refractivity contribution < 1.29 is 13.9 Å². The summed E-state index contributed by atoms with van der Waals surface area (Å²) in [5.41, 5.74) is 2.44. The lowest BCUT2D eigenvalue weighted by molar-refractivity contribution is 0.0568. The molecule has 1 atom stereocenters. The average molecular weight is 485 g/mol. The summed E-state index contributed by atoms with van der Waals surface area (Å²) in [6.45, 7) is 8.72. The van der Waals surface area contributed by atoms with E-state index in [0.717, 1.165) is 18.9 Å². The lowest BCUT2D eigenvalue weighted by Crippen LogP contribution is -2.32. The zero-order valence-corrected chi connectivity index (χ0v) is 20.7. The minimum absolute atomic E-state index is 0.120. The van der Waals surface area contributed by atoms with E-state index in [1.165, 1.54) is 12.3 Å². The first kappa shape index (κ1) is 22.9. The second-order valence-corrected chi connectivity index (χ2v) is 15.5. The third kappa shape index (κ3) is 4.42. The molecule has 0 bridgehead atoms. The summed E-state index contributed by atoms with van der Waals surface area (Å²) >= 11 is 0. The zero-order valence-electron chi connectivity index (χ0n) is 19.7. The fourth-order valence-electron chi connectivity index (χ4n) is 4.21. The Labute approximate surface area is 197 Å². The highest BCUT2D eigenvalue weighted by Crippen LogP contribution is 2.25. The molecule has 5 heterocycles. The number of nitrogens with zero attached hydrogens (tertiary/aromatic N) is 6. The van der Waals surface area contributed by atoms with Crippen molar-refractivity contribution in [2.75, 3.05) is 19.8 Å². The second kappa shape index (κ2) is 9.04. The van der Waals surface area contributed by atoms with Crippen molar-refractivity contribution >= 4 is 25.0 Å². The molecule has 180 valence electrons. The maximum absolute atomic E-state index is 13.9. The number of aromatic nitrogens is 6. The van der Waals surface area contributed by atoms with Gasteiger partial charge >= 0.3 is 5.69 Å². The Morgan fingerprint density at radius 2 is 2.06 bits per heavy atom. The van der Waals surface area contributed by atoms with Gasteiger partial charge in [-0.1, -0.05) is 19.6 Å². The summed E-state index contributed by atoms with van der Waals surface area (Å²) in [6.07, 6.45) is 6.28. The fraction of sp³-hybridized carbons (Fsp3) is 0.478. The molecule has 1 fully saturated rings. The van der Waals surface area contributed by atoms with Crippen LogP contribution < -0.4 is 5.69 Å². The van der Waals surface area contributed by atoms with Crippen LogP contribution in [0.5, 0.6) is 0 Å². The molecule has 9 nitrogen and oxygen atoms in total. The Bertz CT molecular complexity index is 1380. The van der Waals surface area contributed by atoms with Gasteiger partial charge in [0.2, 0.25) is 0 Å². The van der Waals surface area contributed by atoms with Gasteiger partial charge in [-0.25, -0.2) is 24.1 Å². The maximum atomic E-state index is 13.9. The van der Waals surface area contributed by atoms with E-state index in [-0.39, 0.29) is 24.3 Å². The van der Waals surface area contributed by atoms with Crippen LogP contribution in [0.15, 0.2) is 35.5 Å². The Morgan fingerprint density at radius 3 is 2.82 bits per heavy atom. The summed E-state index contributed by atoms with van der Waals surface area (Å²) in [7, 11) is -1.25. The van der Waals surface area contributed by atoms with Crippen molar-refractivity contribution in [2.45, 2.75) is 51.3 Å². The van der Waals surface area contributed by atoms with E-state index in [0.29, 0.717) is 48.2 Å². The van der Waals surface area contributed by atoms with Gasteiger partial charge in [0, 0.05) is 27.5 Å². The van der Waals surface area contributed by atoms with E-state index in [1.807, 2.05) is 0 Å². The molecule has 0 radical (unpaired) electrons. The van der Waals surface area contributed by atoms with Crippen LogP contribution in [0.25, 0.3) is 28.3 Å². The van der Waals surface area contributed by atoms with E-state index < -0.39 is 8.07 Å². The van der Waals surface area contributed by atoms with E-state index in [2.05, 4.69) is 29.6 Å². The van der Waals surface area contributed by atoms with Crippen LogP contribution in [0.3, 0.4) is 0 Å². The van der Waals surface area contributed by atoms with Gasteiger partial charge < -0.3 is 9.47 Å². The first-order valence-electron chi connectivity index (χ1n) is 11.6. The lowest BCUT2D eigenvalue weighted by atomic mass is 10.1. The van der Waals surface area contributed by atoms with Crippen molar-refractivity contribution in [2.24, 2.45) is 0 Å². The van der Waals surface area contributed by atoms with Crippen LogP contribution in [0.4, 0.5) is 4.39 Å². The van der Waals surface area contributed by atoms with Gasteiger partial charge in [0.05, 0.1) is 30.7 Å². The number of pyridine rings is 1. The molecular formula is C23H29FN6O3Si. The quantitative estimate of drug-likeness (QED) is 0.294. The Kier molecular flexibility index (Phi) is 6.09. The van der Waals surface area contributed by atoms with Gasteiger partial charge in [0.15, 0.2) is 11.3 Å². The summed E-state index contributed by atoms with van der Waals surface area (Å²) in [5.74, 6) is -0.376. The maximum Gasteiger partial charge on any atom is 0.333 e. The van der Waals surface area contributed by atoms with E-state index in [4.69, 9.17) is 14.5 Å². The van der Waals surface area contributed by atoms with Crippen molar-refractivity contribution in [3.8, 4) is 11.4 Å². The first-order valence-corrected chi connectivity index (χ1v) is 15.3. The smallest absolute Gasteiger partial charge is 0.333 e. The third-order valence-electron chi connectivity index (χ3n) is 6.11. The van der Waals surface area contributed by atoms with Crippen LogP contribution in [-0.2, 0) is 16.2 Å². The van der Waals surface area contributed by atoms with Crippen molar-refractivity contribution in [3.05, 3.63) is 47.0 Å². The van der Waals surface area contributed by atoms with Gasteiger partial charge in [-0.05, 0) is 31.0 Å². The third-order valence-corrected chi connectivity index (χ3v) is 7.81. The van der Waals surface area contributed by atoms with Crippen LogP contribution in [-0.4, -0.2) is 56.4 Å². The highest BCUT2D eigenvalue weighted by Gasteiger charge is 2.25. The molecule has 0 spiro atoms. The van der Waals surface area contributed by atoms with Crippen LogP contribution in [0, 0.1) is 5.82 Å². The van der Waals surface area contributed by atoms with Crippen LogP contribution in [0.1, 0.15) is 18.9 Å². The number of ether oxygens (including phenoxy) is 2. The summed E-state index contributed by atoms with van der Waals surface area (Å²) < 4.78 is 30.3. The molecule has 0 amide bonds. The Balaban J connectivity index is 1.57. The number of imidazole rings is 2. The van der Waals surface area contributed by atoms with Crippen molar-refractivity contribution in [1.29, 1.82) is 0 Å². The molecule has 1 saturated heterocycles. The number of fused-ring (bicyclic) bond motifs is 2. The topological polar surface area (TPSA) is 88.5 Å². The molecule has 0 aliphatic carbocycles. The Hall–Kier alpha value is -2.89. The van der Waals surface area contributed by atoms with Gasteiger partial charge in [-0.2, -0.15) is 0 Å². The standard InChI is InChI=1S/C23H29FN6O3Si/c1-34(2,3)10-9-33-15-29-21-22(30(23(29)31)17-5-4-8-32-14-17)27-18(11-26-21)19-12-25-20-7-6-16(24)13-28(19)20/h6-7,11-13,17H,4-5,8-10,14-15H2,1-3H3. The number of halogens is 1. The van der Waals surface area contributed by atoms with Crippen molar-refractivity contribution in [3.63, 3.8) is 0 Å². The number of hydrogen-bond donors (Lipinski definition) is 0. The van der Waals surface area contributed by atoms with Gasteiger partial charge in [0.1, 0.15) is 23.9 Å². The summed E-state index contributed by atoms with van der Waals surface area (Å²) in [4.78, 5) is 27.2. The lowest BCUT2D eigenvalue weighted by Gasteiger charge is -2.22. The molecule has 0 aromatic carbocycles. The predicted molar refractivity (Wildman–Crippen MR) is 129 cm³/mol. The number of rotatable bonds is 7. The highest BCUT2D eigenvalue weighted by molar-refractivity contribution is 6.76. The molecule has 4 aromatic rings. The van der Waals surface area contributed by atoms with Gasteiger partial charge in [-0.3, -0.25) is 13.5 Å². The molecular weight excluding hydrogens is 455 g/mol. The minimum atomic E-state index is -1.25. The SMILES string of the molecule is C[Si](C)(C)CCOCn1c(=O)n(C2CCCOC2)c2nc(-c3cnc4ccc(F)cn34)cnc21. The van der Waals surface area contributed by atoms with E-state index in [9.17, 15) is 9.18 Å². The first-order chi connectivity index (χ1) is 16.3. The average Bonchev–Trinajstić information content (AvgIpc) is 3.34. The molecule has 5 rings (SSSR count). The van der Waals surface area contributed by atoms with Gasteiger partial charge in [0.25, 0.3) is 0 Å².